The summed E-state index contributed by atoms with van der Waals surface area (Å²) >= 11 is 12.0. The van der Waals surface area contributed by atoms with Crippen molar-refractivity contribution in [2.45, 2.75) is 33.2 Å². The molecule has 1 unspecified atom stereocenters. The second-order valence-electron chi connectivity index (χ2n) is 5.51. The lowest BCUT2D eigenvalue weighted by atomic mass is 10.1. The van der Waals surface area contributed by atoms with E-state index in [9.17, 15) is 15.2 Å². The Bertz CT molecular complexity index is 945. The van der Waals surface area contributed by atoms with Crippen molar-refractivity contribution >= 4 is 34.6 Å². The normalized spacial score (nSPS) is 12.3. The van der Waals surface area contributed by atoms with Gasteiger partial charge in [0.25, 0.3) is 5.56 Å². The van der Waals surface area contributed by atoms with Crippen LogP contribution in [0.3, 0.4) is 0 Å². The third kappa shape index (κ3) is 3.68. The zero-order valence-corrected chi connectivity index (χ0v) is 15.4. The molecule has 0 radical (unpaired) electrons. The average Bonchev–Trinajstić information content (AvgIpc) is 2.57. The van der Waals surface area contributed by atoms with E-state index in [1.54, 1.807) is 19.1 Å². The number of hydrogen-bond acceptors (Lipinski definition) is 5. The van der Waals surface area contributed by atoms with Gasteiger partial charge in [-0.2, -0.15) is 5.26 Å². The van der Waals surface area contributed by atoms with Crippen molar-refractivity contribution in [3.63, 3.8) is 0 Å². The van der Waals surface area contributed by atoms with Crippen LogP contribution in [0.2, 0.25) is 10.0 Å². The number of aromatic nitrogens is 1. The molecule has 0 aliphatic rings. The molecule has 1 heterocycles. The van der Waals surface area contributed by atoms with E-state index < -0.39 is 5.56 Å². The third-order valence-corrected chi connectivity index (χ3v) is 4.47. The fourth-order valence-corrected chi connectivity index (χ4v) is 2.61. The van der Waals surface area contributed by atoms with E-state index in [2.05, 4.69) is 10.2 Å². The van der Waals surface area contributed by atoms with Gasteiger partial charge >= 0.3 is 0 Å². The molecule has 8 heteroatoms. The molecule has 0 bridgehead atoms. The zero-order valence-electron chi connectivity index (χ0n) is 13.9. The second-order valence-corrected chi connectivity index (χ2v) is 6.36. The minimum atomic E-state index is -0.523. The number of nitriles is 1. The Balaban J connectivity index is 2.69. The summed E-state index contributed by atoms with van der Waals surface area (Å²) in [7, 11) is 0. The summed E-state index contributed by atoms with van der Waals surface area (Å²) in [6.45, 7) is 5.18. The standard InChI is InChI=1S/C17H16Cl2N4O2/c1-4-9(2)23-16(24)12(8-20)10(3)15(17(23)25)22-21-14-7-11(18)5-6-13(14)19/h5-7,9,24H,4H2,1-3H3. The molecule has 0 spiro atoms. The highest BCUT2D eigenvalue weighted by Crippen LogP contribution is 2.32. The lowest BCUT2D eigenvalue weighted by molar-refractivity contribution is 0.372. The van der Waals surface area contributed by atoms with Crippen LogP contribution in [-0.2, 0) is 0 Å². The van der Waals surface area contributed by atoms with Crippen LogP contribution in [0.4, 0.5) is 11.4 Å². The zero-order chi connectivity index (χ0) is 18.7. The summed E-state index contributed by atoms with van der Waals surface area (Å²) in [5, 5.41) is 28.3. The maximum atomic E-state index is 12.7. The van der Waals surface area contributed by atoms with Gasteiger partial charge < -0.3 is 5.11 Å². The fraction of sp³-hybridized carbons (Fsp3) is 0.294. The van der Waals surface area contributed by atoms with Crippen LogP contribution in [0, 0.1) is 18.3 Å². The quantitative estimate of drug-likeness (QED) is 0.719. The minimum absolute atomic E-state index is 0.00830. The molecule has 0 saturated carbocycles. The van der Waals surface area contributed by atoms with Crippen LogP contribution in [0.15, 0.2) is 33.2 Å². The Morgan fingerprint density at radius 1 is 1.36 bits per heavy atom. The number of aromatic hydroxyl groups is 1. The molecule has 2 aromatic rings. The van der Waals surface area contributed by atoms with Gasteiger partial charge in [0.1, 0.15) is 17.3 Å². The van der Waals surface area contributed by atoms with Crippen LogP contribution in [0.25, 0.3) is 0 Å². The molecule has 25 heavy (non-hydrogen) atoms. The Labute approximate surface area is 155 Å². The van der Waals surface area contributed by atoms with E-state index in [-0.39, 0.29) is 28.7 Å². The van der Waals surface area contributed by atoms with Gasteiger partial charge in [0.2, 0.25) is 5.88 Å². The van der Waals surface area contributed by atoms with Gasteiger partial charge in [0, 0.05) is 16.6 Å². The largest absolute Gasteiger partial charge is 0.493 e. The second kappa shape index (κ2) is 7.68. The topological polar surface area (TPSA) is 90.7 Å². The van der Waals surface area contributed by atoms with E-state index in [0.717, 1.165) is 4.57 Å². The summed E-state index contributed by atoms with van der Waals surface area (Å²) in [5.74, 6) is -0.362. The molecular formula is C17H16Cl2N4O2. The monoisotopic (exact) mass is 378 g/mol. The first kappa shape index (κ1) is 19.0. The SMILES string of the molecule is CCC(C)n1c(O)c(C#N)c(C)c(N=Nc2cc(Cl)ccc2Cl)c1=O. The molecule has 1 atom stereocenters. The van der Waals surface area contributed by atoms with Gasteiger partial charge in [-0.15, -0.1) is 10.2 Å². The molecule has 1 aromatic carbocycles. The van der Waals surface area contributed by atoms with Crippen molar-refractivity contribution in [1.82, 2.24) is 4.57 Å². The average molecular weight is 379 g/mol. The Morgan fingerprint density at radius 3 is 2.64 bits per heavy atom. The Morgan fingerprint density at radius 2 is 2.04 bits per heavy atom. The van der Waals surface area contributed by atoms with Crippen LogP contribution < -0.4 is 5.56 Å². The number of azo groups is 1. The van der Waals surface area contributed by atoms with Gasteiger partial charge in [0.15, 0.2) is 5.69 Å². The smallest absolute Gasteiger partial charge is 0.281 e. The van der Waals surface area contributed by atoms with Gasteiger partial charge in [-0.3, -0.25) is 9.36 Å². The summed E-state index contributed by atoms with van der Waals surface area (Å²) in [6, 6.07) is 6.30. The van der Waals surface area contributed by atoms with Crippen molar-refractivity contribution in [2.75, 3.05) is 0 Å². The van der Waals surface area contributed by atoms with E-state index in [4.69, 9.17) is 23.2 Å². The highest BCUT2D eigenvalue weighted by molar-refractivity contribution is 6.35. The van der Waals surface area contributed by atoms with Crippen molar-refractivity contribution in [3.05, 3.63) is 49.7 Å². The predicted molar refractivity (Wildman–Crippen MR) is 97.5 cm³/mol. The van der Waals surface area contributed by atoms with Crippen molar-refractivity contribution < 1.29 is 5.11 Å². The van der Waals surface area contributed by atoms with Crippen LogP contribution in [-0.4, -0.2) is 9.67 Å². The number of benzene rings is 1. The Kier molecular flexibility index (Phi) is 5.83. The number of nitrogens with zero attached hydrogens (tertiary/aromatic N) is 4. The lowest BCUT2D eigenvalue weighted by Crippen LogP contribution is -2.24. The molecule has 0 amide bonds. The molecule has 0 aliphatic heterocycles. The first-order valence-electron chi connectivity index (χ1n) is 7.56. The first-order chi connectivity index (χ1) is 11.8. The van der Waals surface area contributed by atoms with Crippen molar-refractivity contribution in [2.24, 2.45) is 10.2 Å². The molecule has 2 rings (SSSR count). The molecular weight excluding hydrogens is 363 g/mol. The molecule has 1 N–H and O–H groups in total. The molecule has 130 valence electrons. The maximum absolute atomic E-state index is 12.7. The number of pyridine rings is 1. The van der Waals surface area contributed by atoms with Gasteiger partial charge in [-0.1, -0.05) is 30.1 Å². The summed E-state index contributed by atoms with van der Waals surface area (Å²) < 4.78 is 1.15. The highest BCUT2D eigenvalue weighted by Gasteiger charge is 2.21. The number of halogens is 2. The molecule has 0 aliphatic carbocycles. The van der Waals surface area contributed by atoms with E-state index >= 15 is 0 Å². The van der Waals surface area contributed by atoms with Gasteiger partial charge in [-0.25, -0.2) is 0 Å². The summed E-state index contributed by atoms with van der Waals surface area (Å²) in [5.41, 5.74) is 0.00285. The predicted octanol–water partition coefficient (Wildman–Crippen LogP) is 5.43. The third-order valence-electron chi connectivity index (χ3n) is 3.91. The van der Waals surface area contributed by atoms with Gasteiger partial charge in [0.05, 0.1) is 5.02 Å². The minimum Gasteiger partial charge on any atom is -0.493 e. The summed E-state index contributed by atoms with van der Waals surface area (Å²) in [4.78, 5) is 12.7. The van der Waals surface area contributed by atoms with Crippen LogP contribution in [0.1, 0.15) is 37.4 Å². The molecule has 0 fully saturated rings. The number of rotatable bonds is 4. The Hall–Kier alpha value is -2.36. The van der Waals surface area contributed by atoms with Crippen LogP contribution >= 0.6 is 23.2 Å². The highest BCUT2D eigenvalue weighted by atomic mass is 35.5. The van der Waals surface area contributed by atoms with Gasteiger partial charge in [-0.05, 0) is 38.5 Å². The number of hydrogen-bond donors (Lipinski definition) is 1. The van der Waals surface area contributed by atoms with Crippen molar-refractivity contribution in [1.29, 1.82) is 5.26 Å². The molecule has 6 nitrogen and oxygen atoms in total. The van der Waals surface area contributed by atoms with E-state index in [0.29, 0.717) is 22.2 Å². The van der Waals surface area contributed by atoms with Crippen LogP contribution in [0.5, 0.6) is 5.88 Å². The lowest BCUT2D eigenvalue weighted by Gasteiger charge is -2.17. The molecule has 0 saturated heterocycles. The fourth-order valence-electron chi connectivity index (χ4n) is 2.29. The van der Waals surface area contributed by atoms with E-state index in [1.807, 2.05) is 13.0 Å². The summed E-state index contributed by atoms with van der Waals surface area (Å²) in [6.07, 6.45) is 0.595. The maximum Gasteiger partial charge on any atom is 0.281 e. The van der Waals surface area contributed by atoms with Crippen molar-refractivity contribution in [3.8, 4) is 11.9 Å². The first-order valence-corrected chi connectivity index (χ1v) is 8.32. The van der Waals surface area contributed by atoms with E-state index in [1.165, 1.54) is 13.0 Å². The molecule has 1 aromatic heterocycles.